The summed E-state index contributed by atoms with van der Waals surface area (Å²) in [5.74, 6) is 0.336. The summed E-state index contributed by atoms with van der Waals surface area (Å²) in [5, 5.41) is 23.7. The molecule has 1 aromatic carbocycles. The summed E-state index contributed by atoms with van der Waals surface area (Å²) in [6.07, 6.45) is 1.45. The van der Waals surface area contributed by atoms with Gasteiger partial charge in [-0.2, -0.15) is 0 Å². The van der Waals surface area contributed by atoms with Crippen LogP contribution in [-0.2, 0) is 11.3 Å². The summed E-state index contributed by atoms with van der Waals surface area (Å²) in [6.45, 7) is 1.44. The summed E-state index contributed by atoms with van der Waals surface area (Å²) in [7, 11) is 0. The van der Waals surface area contributed by atoms with E-state index in [1.54, 1.807) is 29.3 Å². The number of carbonyl (C=O) groups is 1. The fourth-order valence-corrected chi connectivity index (χ4v) is 3.62. The van der Waals surface area contributed by atoms with Gasteiger partial charge in [0.1, 0.15) is 6.61 Å². The number of hydrogen-bond donors (Lipinski definition) is 3. The summed E-state index contributed by atoms with van der Waals surface area (Å²) in [5.41, 5.74) is 2.10. The largest absolute Gasteiger partial charge is 0.504 e. The molecule has 2 aliphatic heterocycles. The number of phenolic OH excluding ortho intramolecular Hbond substituents is 1. The molecule has 0 aliphatic carbocycles. The lowest BCUT2D eigenvalue weighted by Gasteiger charge is -2.23. The number of fused-ring (bicyclic) bond motifs is 1. The van der Waals surface area contributed by atoms with Gasteiger partial charge in [0.2, 0.25) is 5.91 Å². The number of pyridine rings is 1. The Morgan fingerprint density at radius 2 is 2.18 bits per heavy atom. The molecule has 1 saturated heterocycles. The molecule has 0 bridgehead atoms. The maximum atomic E-state index is 12.8. The van der Waals surface area contributed by atoms with Crippen molar-refractivity contribution in [2.75, 3.05) is 19.7 Å². The number of nitrogens with one attached hydrogen (secondary N) is 1. The van der Waals surface area contributed by atoms with E-state index in [4.69, 9.17) is 16.3 Å². The fraction of sp³-hybridized carbons (Fsp3) is 0.368. The normalized spacial score (nSPS) is 21.3. The van der Waals surface area contributed by atoms with Crippen molar-refractivity contribution in [2.24, 2.45) is 0 Å². The SMILES string of the molecule is Cl.O=C([C@@H]1C[C@@H](O)CN1)N1CCOc2c(O)cc(-c3ccc(Cl)cn3)cc2C1. The lowest BCUT2D eigenvalue weighted by Crippen LogP contribution is -2.44. The molecule has 0 spiro atoms. The molecule has 28 heavy (non-hydrogen) atoms. The van der Waals surface area contributed by atoms with Crippen molar-refractivity contribution in [3.05, 3.63) is 41.0 Å². The van der Waals surface area contributed by atoms with E-state index in [2.05, 4.69) is 10.3 Å². The highest BCUT2D eigenvalue weighted by Gasteiger charge is 2.33. The van der Waals surface area contributed by atoms with E-state index in [0.29, 0.717) is 54.7 Å². The summed E-state index contributed by atoms with van der Waals surface area (Å²) >= 11 is 5.89. The zero-order valence-corrected chi connectivity index (χ0v) is 16.5. The molecule has 2 aromatic rings. The Kier molecular flexibility index (Phi) is 6.30. The zero-order valence-electron chi connectivity index (χ0n) is 15.0. The average Bonchev–Trinajstić information content (AvgIpc) is 2.96. The number of aromatic hydroxyl groups is 1. The molecule has 3 N–H and O–H groups in total. The van der Waals surface area contributed by atoms with Crippen molar-refractivity contribution in [2.45, 2.75) is 25.1 Å². The highest BCUT2D eigenvalue weighted by molar-refractivity contribution is 6.30. The first-order valence-corrected chi connectivity index (χ1v) is 9.20. The van der Waals surface area contributed by atoms with Gasteiger partial charge in [-0.15, -0.1) is 12.4 Å². The van der Waals surface area contributed by atoms with Crippen LogP contribution in [0.4, 0.5) is 0 Å². The molecule has 3 heterocycles. The number of β-amino-alcohol motifs (C(OH)–C–C–N with tert-alkyl or cyclic N) is 1. The second kappa shape index (κ2) is 8.53. The molecule has 1 amide bonds. The van der Waals surface area contributed by atoms with Crippen LogP contribution in [0.2, 0.25) is 5.02 Å². The summed E-state index contributed by atoms with van der Waals surface area (Å²) in [6, 6.07) is 6.58. The molecule has 150 valence electrons. The number of hydrogen-bond acceptors (Lipinski definition) is 6. The molecule has 7 nitrogen and oxygen atoms in total. The van der Waals surface area contributed by atoms with Crippen LogP contribution in [0.5, 0.6) is 11.5 Å². The highest BCUT2D eigenvalue weighted by Crippen LogP contribution is 2.37. The van der Waals surface area contributed by atoms with Crippen LogP contribution in [0.25, 0.3) is 11.3 Å². The minimum absolute atomic E-state index is 0. The summed E-state index contributed by atoms with van der Waals surface area (Å²) in [4.78, 5) is 18.8. The van der Waals surface area contributed by atoms with Gasteiger partial charge < -0.3 is 25.2 Å². The number of halogens is 2. The van der Waals surface area contributed by atoms with Crippen LogP contribution in [0, 0.1) is 0 Å². The van der Waals surface area contributed by atoms with Crippen molar-refractivity contribution >= 4 is 29.9 Å². The molecular weight excluding hydrogens is 405 g/mol. The monoisotopic (exact) mass is 425 g/mol. The van der Waals surface area contributed by atoms with Gasteiger partial charge in [-0.25, -0.2) is 0 Å². The van der Waals surface area contributed by atoms with Gasteiger partial charge in [-0.3, -0.25) is 9.78 Å². The number of ether oxygens (including phenoxy) is 1. The van der Waals surface area contributed by atoms with Gasteiger partial charge in [0.25, 0.3) is 0 Å². The molecule has 1 aromatic heterocycles. The molecule has 0 unspecified atom stereocenters. The van der Waals surface area contributed by atoms with Crippen molar-refractivity contribution in [1.29, 1.82) is 0 Å². The number of nitrogens with zero attached hydrogens (tertiary/aromatic N) is 2. The zero-order chi connectivity index (χ0) is 19.0. The molecular formula is C19H21Cl2N3O4. The minimum atomic E-state index is -0.499. The van der Waals surface area contributed by atoms with Crippen molar-refractivity contribution in [3.63, 3.8) is 0 Å². The third kappa shape index (κ3) is 4.17. The third-order valence-electron chi connectivity index (χ3n) is 4.86. The smallest absolute Gasteiger partial charge is 0.240 e. The van der Waals surface area contributed by atoms with Crippen LogP contribution >= 0.6 is 24.0 Å². The standard InChI is InChI=1S/C19H20ClN3O4.ClH/c20-13-1-2-15(21-8-13)11-5-12-10-23(3-4-27-18(12)17(25)6-11)19(26)16-7-14(24)9-22-16;/h1-2,5-6,8,14,16,22,24-25H,3-4,7,9-10H2;1H/t14-,16+;/m1./s1. The molecule has 4 rings (SSSR count). The van der Waals surface area contributed by atoms with Crippen molar-refractivity contribution in [1.82, 2.24) is 15.2 Å². The van der Waals surface area contributed by atoms with Crippen LogP contribution in [0.1, 0.15) is 12.0 Å². The molecule has 9 heteroatoms. The Balaban J connectivity index is 0.00000225. The van der Waals surface area contributed by atoms with Gasteiger partial charge >= 0.3 is 0 Å². The summed E-state index contributed by atoms with van der Waals surface area (Å²) < 4.78 is 5.70. The van der Waals surface area contributed by atoms with Crippen LogP contribution < -0.4 is 10.1 Å². The quantitative estimate of drug-likeness (QED) is 0.680. The second-order valence-electron chi connectivity index (χ2n) is 6.80. The molecule has 0 saturated carbocycles. The Morgan fingerprint density at radius 1 is 1.36 bits per heavy atom. The lowest BCUT2D eigenvalue weighted by atomic mass is 10.0. The number of phenols is 1. The third-order valence-corrected chi connectivity index (χ3v) is 5.08. The topological polar surface area (TPSA) is 94.9 Å². The second-order valence-corrected chi connectivity index (χ2v) is 7.24. The maximum absolute atomic E-state index is 12.8. The Morgan fingerprint density at radius 3 is 2.86 bits per heavy atom. The van der Waals surface area contributed by atoms with E-state index in [1.807, 2.05) is 6.07 Å². The van der Waals surface area contributed by atoms with Crippen LogP contribution in [0.15, 0.2) is 30.5 Å². The van der Waals surface area contributed by atoms with E-state index in [1.165, 1.54) is 0 Å². The number of amides is 1. The van der Waals surface area contributed by atoms with E-state index < -0.39 is 12.1 Å². The number of aromatic nitrogens is 1. The van der Waals surface area contributed by atoms with Crippen LogP contribution in [-0.4, -0.2) is 57.8 Å². The van der Waals surface area contributed by atoms with Gasteiger partial charge in [0.05, 0.1) is 29.4 Å². The first-order valence-electron chi connectivity index (χ1n) is 8.82. The van der Waals surface area contributed by atoms with Crippen molar-refractivity contribution in [3.8, 4) is 22.8 Å². The predicted molar refractivity (Wildman–Crippen MR) is 107 cm³/mol. The number of aliphatic hydroxyl groups is 1. The molecule has 2 aliphatic rings. The number of benzene rings is 1. The fourth-order valence-electron chi connectivity index (χ4n) is 3.51. The first-order chi connectivity index (χ1) is 13.0. The Hall–Kier alpha value is -2.06. The molecule has 1 fully saturated rings. The van der Waals surface area contributed by atoms with E-state index in [9.17, 15) is 15.0 Å². The molecule has 0 radical (unpaired) electrons. The van der Waals surface area contributed by atoms with Gasteiger partial charge in [-0.05, 0) is 30.7 Å². The maximum Gasteiger partial charge on any atom is 0.240 e. The number of carbonyl (C=O) groups excluding carboxylic acids is 1. The first kappa shape index (κ1) is 20.7. The highest BCUT2D eigenvalue weighted by atomic mass is 35.5. The number of aliphatic hydroxyl groups excluding tert-OH is 1. The minimum Gasteiger partial charge on any atom is -0.504 e. The van der Waals surface area contributed by atoms with Crippen molar-refractivity contribution < 1.29 is 19.7 Å². The van der Waals surface area contributed by atoms with Gasteiger partial charge in [0, 0.05) is 30.4 Å². The average molecular weight is 426 g/mol. The van der Waals surface area contributed by atoms with E-state index in [-0.39, 0.29) is 24.1 Å². The van der Waals surface area contributed by atoms with Crippen LogP contribution in [0.3, 0.4) is 0 Å². The van der Waals surface area contributed by atoms with E-state index >= 15 is 0 Å². The lowest BCUT2D eigenvalue weighted by molar-refractivity contribution is -0.134. The van der Waals surface area contributed by atoms with Gasteiger partial charge in [0.15, 0.2) is 11.5 Å². The molecule has 2 atom stereocenters. The van der Waals surface area contributed by atoms with E-state index in [0.717, 1.165) is 5.56 Å². The Labute approximate surface area is 173 Å². The predicted octanol–water partition coefficient (Wildman–Crippen LogP) is 1.97. The Bertz CT molecular complexity index is 863. The number of rotatable bonds is 2. The van der Waals surface area contributed by atoms with Gasteiger partial charge in [-0.1, -0.05) is 11.6 Å².